The van der Waals surface area contributed by atoms with Crippen molar-refractivity contribution < 1.29 is 13.9 Å². The van der Waals surface area contributed by atoms with Gasteiger partial charge in [0.25, 0.3) is 5.91 Å². The van der Waals surface area contributed by atoms with Crippen molar-refractivity contribution in [3.05, 3.63) is 22.1 Å². The molecule has 1 heterocycles. The van der Waals surface area contributed by atoms with Crippen LogP contribution >= 0.6 is 28.3 Å². The number of rotatable bonds is 7. The molecule has 0 bridgehead atoms. The summed E-state index contributed by atoms with van der Waals surface area (Å²) in [6.07, 6.45) is 0. The van der Waals surface area contributed by atoms with Gasteiger partial charge in [-0.1, -0.05) is 0 Å². The molecule has 5 nitrogen and oxygen atoms in total. The van der Waals surface area contributed by atoms with E-state index in [1.165, 1.54) is 0 Å². The number of hydrogen-bond donors (Lipinski definition) is 2. The Balaban J connectivity index is 0.00000289. The standard InChI is InChI=1S/C11H17BrN2O3.ClH/c1-8-7-9(12)17-10(8)11(15)14-4-3-13-5-6-16-2;/h7,13H,3-6H2,1-2H3,(H,14,15);1H. The lowest BCUT2D eigenvalue weighted by molar-refractivity contribution is 0.0924. The molecule has 0 spiro atoms. The molecule has 0 aliphatic rings. The average Bonchev–Trinajstić information content (AvgIpc) is 2.62. The SMILES string of the molecule is COCCNCCNC(=O)c1oc(Br)cc1C.Cl. The van der Waals surface area contributed by atoms with Gasteiger partial charge in [-0.25, -0.2) is 0 Å². The van der Waals surface area contributed by atoms with Gasteiger partial charge >= 0.3 is 0 Å². The molecule has 1 rings (SSSR count). The summed E-state index contributed by atoms with van der Waals surface area (Å²) in [5, 5.41) is 5.91. The molecule has 0 fully saturated rings. The topological polar surface area (TPSA) is 63.5 Å². The van der Waals surface area contributed by atoms with E-state index in [2.05, 4.69) is 26.6 Å². The number of nitrogens with one attached hydrogen (secondary N) is 2. The number of furan rings is 1. The van der Waals surface area contributed by atoms with Gasteiger partial charge in [0.05, 0.1) is 6.61 Å². The van der Waals surface area contributed by atoms with Crippen LogP contribution in [0.4, 0.5) is 0 Å². The maximum absolute atomic E-state index is 11.7. The molecule has 0 saturated heterocycles. The van der Waals surface area contributed by atoms with Gasteiger partial charge < -0.3 is 19.8 Å². The van der Waals surface area contributed by atoms with Gasteiger partial charge in [-0.15, -0.1) is 12.4 Å². The molecule has 2 N–H and O–H groups in total. The molecule has 0 radical (unpaired) electrons. The van der Waals surface area contributed by atoms with Crippen molar-refractivity contribution in [2.24, 2.45) is 0 Å². The van der Waals surface area contributed by atoms with E-state index in [1.54, 1.807) is 13.2 Å². The highest BCUT2D eigenvalue weighted by atomic mass is 79.9. The molecule has 1 amide bonds. The van der Waals surface area contributed by atoms with Gasteiger partial charge in [0, 0.05) is 32.3 Å². The number of aryl methyl sites for hydroxylation is 1. The third kappa shape index (κ3) is 5.86. The van der Waals surface area contributed by atoms with Crippen LogP contribution in [0.15, 0.2) is 15.2 Å². The summed E-state index contributed by atoms with van der Waals surface area (Å²) >= 11 is 3.19. The van der Waals surface area contributed by atoms with Gasteiger partial charge in [-0.3, -0.25) is 4.79 Å². The molecule has 0 aliphatic carbocycles. The quantitative estimate of drug-likeness (QED) is 0.742. The highest BCUT2D eigenvalue weighted by molar-refractivity contribution is 9.10. The summed E-state index contributed by atoms with van der Waals surface area (Å²) in [6, 6.07) is 1.77. The fourth-order valence-corrected chi connectivity index (χ4v) is 1.82. The first-order valence-corrected chi connectivity index (χ1v) is 6.18. The number of carbonyl (C=O) groups is 1. The minimum Gasteiger partial charge on any atom is -0.444 e. The smallest absolute Gasteiger partial charge is 0.287 e. The zero-order valence-corrected chi connectivity index (χ0v) is 12.8. The first-order valence-electron chi connectivity index (χ1n) is 5.39. The molecule has 1 aromatic heterocycles. The van der Waals surface area contributed by atoms with E-state index in [9.17, 15) is 4.79 Å². The van der Waals surface area contributed by atoms with E-state index >= 15 is 0 Å². The predicted molar refractivity (Wildman–Crippen MR) is 75.5 cm³/mol. The van der Waals surface area contributed by atoms with E-state index in [-0.39, 0.29) is 18.3 Å². The second kappa shape index (κ2) is 9.38. The first-order chi connectivity index (χ1) is 8.15. The molecule has 104 valence electrons. The van der Waals surface area contributed by atoms with Crippen LogP contribution in [-0.4, -0.2) is 39.3 Å². The largest absolute Gasteiger partial charge is 0.444 e. The highest BCUT2D eigenvalue weighted by Gasteiger charge is 2.13. The fourth-order valence-electron chi connectivity index (χ4n) is 1.31. The van der Waals surface area contributed by atoms with E-state index < -0.39 is 0 Å². The summed E-state index contributed by atoms with van der Waals surface area (Å²) in [7, 11) is 1.65. The Morgan fingerprint density at radius 2 is 2.17 bits per heavy atom. The minimum absolute atomic E-state index is 0. The predicted octanol–water partition coefficient (Wildman–Crippen LogP) is 1.74. The lowest BCUT2D eigenvalue weighted by Crippen LogP contribution is -2.33. The Bertz CT molecular complexity index is 371. The normalized spacial score (nSPS) is 9.94. The number of halogens is 2. The van der Waals surface area contributed by atoms with Crippen LogP contribution in [-0.2, 0) is 4.74 Å². The van der Waals surface area contributed by atoms with Gasteiger partial charge in [0.2, 0.25) is 0 Å². The summed E-state index contributed by atoms with van der Waals surface area (Å²) in [5.74, 6) is 0.163. The van der Waals surface area contributed by atoms with Crippen molar-refractivity contribution in [2.45, 2.75) is 6.92 Å². The Kier molecular flexibility index (Phi) is 9.09. The van der Waals surface area contributed by atoms with Gasteiger partial charge in [-0.05, 0) is 28.9 Å². The number of amides is 1. The lowest BCUT2D eigenvalue weighted by Gasteiger charge is -2.05. The van der Waals surface area contributed by atoms with Crippen molar-refractivity contribution in [2.75, 3.05) is 33.4 Å². The van der Waals surface area contributed by atoms with E-state index in [0.29, 0.717) is 30.1 Å². The van der Waals surface area contributed by atoms with Gasteiger partial charge in [0.1, 0.15) is 0 Å². The van der Waals surface area contributed by atoms with Gasteiger partial charge in [-0.2, -0.15) is 0 Å². The van der Waals surface area contributed by atoms with Crippen molar-refractivity contribution in [1.29, 1.82) is 0 Å². The van der Waals surface area contributed by atoms with E-state index in [0.717, 1.165) is 12.1 Å². The van der Waals surface area contributed by atoms with Crippen LogP contribution in [0.2, 0.25) is 0 Å². The maximum atomic E-state index is 11.7. The average molecular weight is 342 g/mol. The van der Waals surface area contributed by atoms with Crippen LogP contribution in [0.25, 0.3) is 0 Å². The fraction of sp³-hybridized carbons (Fsp3) is 0.545. The summed E-state index contributed by atoms with van der Waals surface area (Å²) in [6.45, 7) is 4.53. The Labute approximate surface area is 121 Å². The summed E-state index contributed by atoms with van der Waals surface area (Å²) in [4.78, 5) is 11.7. The number of ether oxygens (including phenoxy) is 1. The lowest BCUT2D eigenvalue weighted by atomic mass is 10.3. The summed E-state index contributed by atoms with van der Waals surface area (Å²) < 4.78 is 10.7. The van der Waals surface area contributed by atoms with E-state index in [1.807, 2.05) is 6.92 Å². The Morgan fingerprint density at radius 3 is 2.72 bits per heavy atom. The van der Waals surface area contributed by atoms with Crippen LogP contribution in [0, 0.1) is 6.92 Å². The molecule has 0 atom stereocenters. The monoisotopic (exact) mass is 340 g/mol. The second-order valence-corrected chi connectivity index (χ2v) is 4.34. The minimum atomic E-state index is -0.193. The van der Waals surface area contributed by atoms with Crippen LogP contribution in [0.5, 0.6) is 0 Å². The molecular weight excluding hydrogens is 323 g/mol. The molecule has 0 aliphatic heterocycles. The molecule has 0 aromatic carbocycles. The van der Waals surface area contributed by atoms with Crippen LogP contribution in [0.1, 0.15) is 16.1 Å². The van der Waals surface area contributed by atoms with Crippen LogP contribution in [0.3, 0.4) is 0 Å². The first kappa shape index (κ1) is 17.4. The second-order valence-electron chi connectivity index (χ2n) is 3.56. The number of methoxy groups -OCH3 is 1. The third-order valence-electron chi connectivity index (χ3n) is 2.16. The van der Waals surface area contributed by atoms with Crippen molar-refractivity contribution in [3.63, 3.8) is 0 Å². The Hall–Kier alpha value is -0.560. The number of carbonyl (C=O) groups excluding carboxylic acids is 1. The molecule has 0 unspecified atom stereocenters. The zero-order chi connectivity index (χ0) is 12.7. The maximum Gasteiger partial charge on any atom is 0.287 e. The zero-order valence-electron chi connectivity index (χ0n) is 10.4. The highest BCUT2D eigenvalue weighted by Crippen LogP contribution is 2.19. The van der Waals surface area contributed by atoms with Gasteiger partial charge in [0.15, 0.2) is 10.4 Å². The molecular formula is C11H18BrClN2O3. The number of hydrogen-bond acceptors (Lipinski definition) is 4. The third-order valence-corrected chi connectivity index (χ3v) is 2.56. The van der Waals surface area contributed by atoms with Crippen molar-refractivity contribution >= 4 is 34.2 Å². The molecule has 1 aromatic rings. The molecule has 7 heteroatoms. The molecule has 18 heavy (non-hydrogen) atoms. The van der Waals surface area contributed by atoms with Crippen LogP contribution < -0.4 is 10.6 Å². The van der Waals surface area contributed by atoms with Crippen molar-refractivity contribution in [3.8, 4) is 0 Å². The van der Waals surface area contributed by atoms with Crippen molar-refractivity contribution in [1.82, 2.24) is 10.6 Å². The summed E-state index contributed by atoms with van der Waals surface area (Å²) in [5.41, 5.74) is 0.821. The molecule has 0 saturated carbocycles. The van der Waals surface area contributed by atoms with E-state index in [4.69, 9.17) is 9.15 Å². The Morgan fingerprint density at radius 1 is 1.44 bits per heavy atom.